The summed E-state index contributed by atoms with van der Waals surface area (Å²) in [4.78, 5) is 14.5. The first-order valence-corrected chi connectivity index (χ1v) is 10.4. The molecule has 0 unspecified atom stereocenters. The molecule has 0 fully saturated rings. The lowest BCUT2D eigenvalue weighted by molar-refractivity contribution is 0.0657. The van der Waals surface area contributed by atoms with E-state index in [1.807, 2.05) is 40.0 Å². The molecule has 0 aliphatic rings. The standard InChI is InChI=1S/C15H24ClNOSi/c1-15(2,3)17(4)14(18)13-11(16)9-8-10-12(13)19(5,6)7/h8-10H,1-7H3. The number of amides is 1. The molecular formula is C15H24ClNOSi. The maximum Gasteiger partial charge on any atom is 0.255 e. The summed E-state index contributed by atoms with van der Waals surface area (Å²) < 4.78 is 0. The predicted molar refractivity (Wildman–Crippen MR) is 86.3 cm³/mol. The molecule has 0 aliphatic heterocycles. The van der Waals surface area contributed by atoms with E-state index in [1.54, 1.807) is 11.0 Å². The minimum absolute atomic E-state index is 0.00975. The van der Waals surface area contributed by atoms with Crippen molar-refractivity contribution in [1.82, 2.24) is 4.90 Å². The number of benzene rings is 1. The highest BCUT2D eigenvalue weighted by atomic mass is 35.5. The van der Waals surface area contributed by atoms with Crippen molar-refractivity contribution in [3.05, 3.63) is 28.8 Å². The summed E-state index contributed by atoms with van der Waals surface area (Å²) in [6.45, 7) is 12.8. The van der Waals surface area contributed by atoms with Crippen LogP contribution in [0, 0.1) is 0 Å². The average Bonchev–Trinajstić information content (AvgIpc) is 2.24. The molecule has 0 radical (unpaired) electrons. The molecule has 0 aromatic heterocycles. The van der Waals surface area contributed by atoms with Crippen molar-refractivity contribution in [2.75, 3.05) is 7.05 Å². The van der Waals surface area contributed by atoms with Gasteiger partial charge in [0, 0.05) is 12.6 Å². The Morgan fingerprint density at radius 2 is 1.74 bits per heavy atom. The minimum Gasteiger partial charge on any atom is -0.337 e. The normalized spacial score (nSPS) is 12.4. The predicted octanol–water partition coefficient (Wildman–Crippen LogP) is 3.76. The van der Waals surface area contributed by atoms with Crippen molar-refractivity contribution in [1.29, 1.82) is 0 Å². The maximum absolute atomic E-state index is 12.7. The van der Waals surface area contributed by atoms with Crippen LogP contribution in [0.15, 0.2) is 18.2 Å². The Kier molecular flexibility index (Phi) is 4.53. The highest BCUT2D eigenvalue weighted by Gasteiger charge is 2.30. The second-order valence-electron chi connectivity index (χ2n) is 6.95. The molecule has 2 nitrogen and oxygen atoms in total. The van der Waals surface area contributed by atoms with E-state index in [0.29, 0.717) is 10.6 Å². The number of halogens is 1. The number of carbonyl (C=O) groups is 1. The SMILES string of the molecule is CN(C(=O)c1c(Cl)cccc1[Si](C)(C)C)C(C)(C)C. The summed E-state index contributed by atoms with van der Waals surface area (Å²) in [6, 6.07) is 5.78. The summed E-state index contributed by atoms with van der Waals surface area (Å²) in [6.07, 6.45) is 0. The van der Waals surface area contributed by atoms with E-state index in [-0.39, 0.29) is 11.4 Å². The Hall–Kier alpha value is -0.803. The molecule has 19 heavy (non-hydrogen) atoms. The van der Waals surface area contributed by atoms with Crippen LogP contribution in [0.4, 0.5) is 0 Å². The molecule has 1 amide bonds. The van der Waals surface area contributed by atoms with Crippen molar-refractivity contribution >= 4 is 30.8 Å². The van der Waals surface area contributed by atoms with Gasteiger partial charge in [-0.25, -0.2) is 0 Å². The summed E-state index contributed by atoms with van der Waals surface area (Å²) >= 11 is 6.30. The molecule has 0 spiro atoms. The second kappa shape index (κ2) is 5.29. The van der Waals surface area contributed by atoms with Crippen molar-refractivity contribution in [2.45, 2.75) is 46.0 Å². The Morgan fingerprint density at radius 3 is 2.16 bits per heavy atom. The fourth-order valence-corrected chi connectivity index (χ4v) is 3.76. The third-order valence-corrected chi connectivity index (χ3v) is 5.69. The molecule has 0 bridgehead atoms. The zero-order valence-electron chi connectivity index (χ0n) is 13.0. The summed E-state index contributed by atoms with van der Waals surface area (Å²) in [5.41, 5.74) is 0.466. The molecule has 0 aliphatic carbocycles. The van der Waals surface area contributed by atoms with Crippen LogP contribution < -0.4 is 5.19 Å². The second-order valence-corrected chi connectivity index (χ2v) is 12.4. The average molecular weight is 298 g/mol. The van der Waals surface area contributed by atoms with Gasteiger partial charge in [-0.05, 0) is 32.0 Å². The molecule has 1 aromatic rings. The monoisotopic (exact) mass is 297 g/mol. The quantitative estimate of drug-likeness (QED) is 0.761. The lowest BCUT2D eigenvalue weighted by Gasteiger charge is -2.34. The molecule has 4 heteroatoms. The van der Waals surface area contributed by atoms with E-state index in [1.165, 1.54) is 0 Å². The molecule has 1 aromatic carbocycles. The van der Waals surface area contributed by atoms with Crippen molar-refractivity contribution < 1.29 is 4.79 Å². The first-order valence-electron chi connectivity index (χ1n) is 6.53. The number of rotatable bonds is 2. The fraction of sp³-hybridized carbons (Fsp3) is 0.533. The van der Waals surface area contributed by atoms with Crippen molar-refractivity contribution in [3.63, 3.8) is 0 Å². The molecule has 106 valence electrons. The van der Waals surface area contributed by atoms with Gasteiger partial charge < -0.3 is 4.90 Å². The van der Waals surface area contributed by atoms with Crippen LogP contribution in [0.3, 0.4) is 0 Å². The van der Waals surface area contributed by atoms with Crippen LogP contribution in [0.5, 0.6) is 0 Å². The third kappa shape index (κ3) is 3.60. The number of nitrogens with zero attached hydrogens (tertiary/aromatic N) is 1. The minimum atomic E-state index is -1.61. The van der Waals surface area contributed by atoms with Gasteiger partial charge in [0.1, 0.15) is 0 Å². The van der Waals surface area contributed by atoms with Gasteiger partial charge in [0.25, 0.3) is 5.91 Å². The van der Waals surface area contributed by atoms with Crippen LogP contribution >= 0.6 is 11.6 Å². The Labute approximate surface area is 122 Å². The molecular weight excluding hydrogens is 274 g/mol. The zero-order valence-corrected chi connectivity index (χ0v) is 14.7. The topological polar surface area (TPSA) is 20.3 Å². The van der Waals surface area contributed by atoms with E-state index in [0.717, 1.165) is 5.19 Å². The van der Waals surface area contributed by atoms with E-state index in [9.17, 15) is 4.79 Å². The molecule has 0 heterocycles. The summed E-state index contributed by atoms with van der Waals surface area (Å²) in [5.74, 6) is 0.00975. The van der Waals surface area contributed by atoms with E-state index < -0.39 is 8.07 Å². The zero-order chi connectivity index (χ0) is 15.0. The van der Waals surface area contributed by atoms with E-state index in [4.69, 9.17) is 11.6 Å². The molecule has 0 N–H and O–H groups in total. The first kappa shape index (κ1) is 16.3. The Balaban J connectivity index is 3.39. The van der Waals surface area contributed by atoms with Gasteiger partial charge in [-0.2, -0.15) is 0 Å². The fourth-order valence-electron chi connectivity index (χ4n) is 1.84. The van der Waals surface area contributed by atoms with Gasteiger partial charge in [0.2, 0.25) is 0 Å². The van der Waals surface area contributed by atoms with Gasteiger partial charge in [-0.3, -0.25) is 4.79 Å². The summed E-state index contributed by atoms with van der Waals surface area (Å²) in [7, 11) is 0.224. The first-order chi connectivity index (χ1) is 8.46. The maximum atomic E-state index is 12.7. The van der Waals surface area contributed by atoms with Crippen LogP contribution in [-0.4, -0.2) is 31.5 Å². The lowest BCUT2D eigenvalue weighted by atomic mass is 10.1. The Morgan fingerprint density at radius 1 is 1.21 bits per heavy atom. The molecule has 0 saturated heterocycles. The highest BCUT2D eigenvalue weighted by Crippen LogP contribution is 2.22. The smallest absolute Gasteiger partial charge is 0.255 e. The molecule has 0 atom stereocenters. The third-order valence-electron chi connectivity index (χ3n) is 3.35. The van der Waals surface area contributed by atoms with Crippen molar-refractivity contribution in [3.8, 4) is 0 Å². The number of hydrogen-bond acceptors (Lipinski definition) is 1. The van der Waals surface area contributed by atoms with Gasteiger partial charge in [0.15, 0.2) is 0 Å². The van der Waals surface area contributed by atoms with Crippen LogP contribution in [0.2, 0.25) is 24.7 Å². The Bertz CT molecular complexity index is 486. The van der Waals surface area contributed by atoms with Crippen LogP contribution in [0.25, 0.3) is 0 Å². The molecule has 0 saturated carbocycles. The summed E-state index contributed by atoms with van der Waals surface area (Å²) in [5, 5.41) is 1.68. The lowest BCUT2D eigenvalue weighted by Crippen LogP contribution is -2.48. The van der Waals surface area contributed by atoms with Crippen LogP contribution in [-0.2, 0) is 0 Å². The van der Waals surface area contributed by atoms with E-state index in [2.05, 4.69) is 19.6 Å². The van der Waals surface area contributed by atoms with Crippen LogP contribution in [0.1, 0.15) is 31.1 Å². The van der Waals surface area contributed by atoms with Gasteiger partial charge >= 0.3 is 0 Å². The van der Waals surface area contributed by atoms with Gasteiger partial charge in [-0.1, -0.05) is 43.4 Å². The highest BCUT2D eigenvalue weighted by molar-refractivity contribution is 6.89. The van der Waals surface area contributed by atoms with Crippen molar-refractivity contribution in [2.24, 2.45) is 0 Å². The van der Waals surface area contributed by atoms with Gasteiger partial charge in [0.05, 0.1) is 18.7 Å². The van der Waals surface area contributed by atoms with Gasteiger partial charge in [-0.15, -0.1) is 0 Å². The largest absolute Gasteiger partial charge is 0.337 e. The number of hydrogen-bond donors (Lipinski definition) is 0. The van der Waals surface area contributed by atoms with E-state index >= 15 is 0 Å². The number of carbonyl (C=O) groups excluding carboxylic acids is 1. The molecule has 1 rings (SSSR count).